The van der Waals surface area contributed by atoms with Gasteiger partial charge in [-0.3, -0.25) is 4.57 Å². The first kappa shape index (κ1) is 12.2. The fraction of sp³-hybridized carbons (Fsp3) is 0.875. The van der Waals surface area contributed by atoms with Crippen LogP contribution in [0.5, 0.6) is 0 Å². The van der Waals surface area contributed by atoms with E-state index in [9.17, 15) is 4.57 Å². The van der Waals surface area contributed by atoms with Gasteiger partial charge in [0, 0.05) is 6.16 Å². The fourth-order valence-corrected chi connectivity index (χ4v) is 2.09. The molecule has 0 aromatic rings. The maximum absolute atomic E-state index is 11.1. The van der Waals surface area contributed by atoms with Crippen LogP contribution >= 0.6 is 7.60 Å². The molecule has 0 amide bonds. The predicted molar refractivity (Wildman–Crippen MR) is 50.1 cm³/mol. The molecule has 0 aliphatic rings. The van der Waals surface area contributed by atoms with E-state index in [0.29, 0.717) is 6.61 Å². The zero-order valence-corrected chi connectivity index (χ0v) is 8.56. The minimum absolute atomic E-state index is 0.279. The van der Waals surface area contributed by atoms with Gasteiger partial charge < -0.3 is 9.42 Å². The molecule has 0 aromatic heterocycles. The number of rotatable bonds is 7. The van der Waals surface area contributed by atoms with Crippen LogP contribution in [-0.2, 0) is 9.09 Å². The van der Waals surface area contributed by atoms with Crippen molar-refractivity contribution < 1.29 is 14.0 Å². The minimum Gasteiger partial charge on any atom is -0.324 e. The summed E-state index contributed by atoms with van der Waals surface area (Å²) in [6, 6.07) is 0. The average molecular weight is 193 g/mol. The summed E-state index contributed by atoms with van der Waals surface area (Å²) in [5.41, 5.74) is 0. The molecule has 3 nitrogen and oxygen atoms in total. The molecule has 0 spiro atoms. The third-order valence-electron chi connectivity index (χ3n) is 1.52. The molecule has 1 N–H and O–H groups in total. The van der Waals surface area contributed by atoms with Gasteiger partial charge in [0.15, 0.2) is 0 Å². The Morgan fingerprint density at radius 3 is 2.58 bits per heavy atom. The highest BCUT2D eigenvalue weighted by atomic mass is 31.2. The lowest BCUT2D eigenvalue weighted by atomic mass is 10.2. The Morgan fingerprint density at radius 2 is 2.08 bits per heavy atom. The van der Waals surface area contributed by atoms with Crippen molar-refractivity contribution in [3.8, 4) is 0 Å². The topological polar surface area (TPSA) is 46.5 Å². The van der Waals surface area contributed by atoms with Crippen molar-refractivity contribution in [2.75, 3.05) is 12.8 Å². The van der Waals surface area contributed by atoms with E-state index in [1.807, 2.05) is 0 Å². The summed E-state index contributed by atoms with van der Waals surface area (Å²) in [6.45, 7) is 5.72. The molecule has 0 rings (SSSR count). The molecular formula is C8H18O3P. The van der Waals surface area contributed by atoms with Gasteiger partial charge >= 0.3 is 7.60 Å². The van der Waals surface area contributed by atoms with Crippen LogP contribution in [0.1, 0.15) is 32.6 Å². The quantitative estimate of drug-likeness (QED) is 0.499. The summed E-state index contributed by atoms with van der Waals surface area (Å²) in [6.07, 6.45) is 3.90. The van der Waals surface area contributed by atoms with Crippen molar-refractivity contribution in [2.24, 2.45) is 0 Å². The van der Waals surface area contributed by atoms with Gasteiger partial charge in [-0.25, -0.2) is 0 Å². The van der Waals surface area contributed by atoms with Crippen molar-refractivity contribution in [3.63, 3.8) is 0 Å². The normalized spacial score (nSPS) is 15.9. The maximum atomic E-state index is 11.1. The predicted octanol–water partition coefficient (Wildman–Crippen LogP) is 2.60. The van der Waals surface area contributed by atoms with Gasteiger partial charge in [-0.15, -0.1) is 0 Å². The van der Waals surface area contributed by atoms with Gasteiger partial charge in [0.25, 0.3) is 0 Å². The first-order valence-corrected chi connectivity index (χ1v) is 6.14. The smallest absolute Gasteiger partial charge is 0.324 e. The van der Waals surface area contributed by atoms with E-state index in [1.165, 1.54) is 0 Å². The van der Waals surface area contributed by atoms with Crippen LogP contribution in [0.3, 0.4) is 0 Å². The van der Waals surface area contributed by atoms with Gasteiger partial charge in [0.2, 0.25) is 0 Å². The Bertz CT molecular complexity index is 147. The minimum atomic E-state index is -3.25. The molecule has 4 heteroatoms. The summed E-state index contributed by atoms with van der Waals surface area (Å²) in [7, 11) is -3.25. The maximum Gasteiger partial charge on any atom is 0.328 e. The summed E-state index contributed by atoms with van der Waals surface area (Å²) in [5.74, 6) is 0. The molecule has 1 unspecified atom stereocenters. The van der Waals surface area contributed by atoms with E-state index >= 15 is 0 Å². The number of hydrogen-bond donors (Lipinski definition) is 1. The van der Waals surface area contributed by atoms with E-state index in [1.54, 1.807) is 6.92 Å². The van der Waals surface area contributed by atoms with Gasteiger partial charge in [-0.05, 0) is 13.3 Å². The van der Waals surface area contributed by atoms with E-state index in [2.05, 4.69) is 6.92 Å². The van der Waals surface area contributed by atoms with Crippen molar-refractivity contribution >= 4 is 7.60 Å². The molecule has 0 bridgehead atoms. The first-order valence-electron chi connectivity index (χ1n) is 4.38. The third-order valence-corrected chi connectivity index (χ3v) is 3.06. The van der Waals surface area contributed by atoms with Gasteiger partial charge in [-0.1, -0.05) is 26.2 Å². The van der Waals surface area contributed by atoms with Crippen LogP contribution in [-0.4, -0.2) is 17.7 Å². The summed E-state index contributed by atoms with van der Waals surface area (Å²) >= 11 is 0. The molecule has 0 saturated carbocycles. The Labute approximate surface area is 74.7 Å². The number of unbranched alkanes of at least 4 members (excludes halogenated alkanes) is 3. The SMILES string of the molecule is [CH2]CCCCCP(=O)(O)OCC. The van der Waals surface area contributed by atoms with Gasteiger partial charge in [0.1, 0.15) is 0 Å². The Morgan fingerprint density at radius 1 is 1.42 bits per heavy atom. The van der Waals surface area contributed by atoms with Crippen LogP contribution in [0.25, 0.3) is 0 Å². The lowest BCUT2D eigenvalue weighted by Gasteiger charge is -2.09. The Kier molecular flexibility index (Phi) is 6.73. The summed E-state index contributed by atoms with van der Waals surface area (Å²) in [4.78, 5) is 9.13. The third kappa shape index (κ3) is 6.84. The second-order valence-corrected chi connectivity index (χ2v) is 4.67. The van der Waals surface area contributed by atoms with Crippen LogP contribution in [0.4, 0.5) is 0 Å². The monoisotopic (exact) mass is 193 g/mol. The van der Waals surface area contributed by atoms with Crippen molar-refractivity contribution in [1.29, 1.82) is 0 Å². The highest BCUT2D eigenvalue weighted by Gasteiger charge is 2.16. The van der Waals surface area contributed by atoms with Crippen molar-refractivity contribution in [3.05, 3.63) is 6.92 Å². The standard InChI is InChI=1S/C8H18O3P/c1-3-5-6-7-8-12(9,10)11-4-2/h1,3-8H2,2H3,(H,9,10). The van der Waals surface area contributed by atoms with E-state index in [0.717, 1.165) is 25.7 Å². The van der Waals surface area contributed by atoms with E-state index in [4.69, 9.17) is 9.42 Å². The van der Waals surface area contributed by atoms with Crippen LogP contribution in [0.2, 0.25) is 0 Å². The number of hydrogen-bond acceptors (Lipinski definition) is 2. The van der Waals surface area contributed by atoms with Crippen LogP contribution in [0.15, 0.2) is 0 Å². The van der Waals surface area contributed by atoms with E-state index < -0.39 is 7.60 Å². The van der Waals surface area contributed by atoms with Crippen molar-refractivity contribution in [1.82, 2.24) is 0 Å². The molecule has 0 fully saturated rings. The Balaban J connectivity index is 3.41. The zero-order chi connectivity index (χ0) is 9.45. The average Bonchev–Trinajstić information content (AvgIpc) is 1.98. The molecule has 0 saturated heterocycles. The van der Waals surface area contributed by atoms with Crippen molar-refractivity contribution in [2.45, 2.75) is 32.6 Å². The second kappa shape index (κ2) is 6.64. The highest BCUT2D eigenvalue weighted by Crippen LogP contribution is 2.42. The molecular weight excluding hydrogens is 175 g/mol. The lowest BCUT2D eigenvalue weighted by Crippen LogP contribution is -1.94. The lowest BCUT2D eigenvalue weighted by molar-refractivity contribution is 0.273. The highest BCUT2D eigenvalue weighted by molar-refractivity contribution is 7.52. The Hall–Kier alpha value is 0.150. The molecule has 1 radical (unpaired) electrons. The zero-order valence-electron chi connectivity index (χ0n) is 7.66. The molecule has 73 valence electrons. The first-order chi connectivity index (χ1) is 5.62. The molecule has 1 atom stereocenters. The van der Waals surface area contributed by atoms with E-state index in [-0.39, 0.29) is 6.16 Å². The largest absolute Gasteiger partial charge is 0.328 e. The second-order valence-electron chi connectivity index (χ2n) is 2.69. The molecule has 12 heavy (non-hydrogen) atoms. The molecule has 0 aliphatic carbocycles. The molecule has 0 aliphatic heterocycles. The summed E-state index contributed by atoms with van der Waals surface area (Å²) in [5, 5.41) is 0. The van der Waals surface area contributed by atoms with Crippen LogP contribution < -0.4 is 0 Å². The van der Waals surface area contributed by atoms with Gasteiger partial charge in [0.05, 0.1) is 6.61 Å². The van der Waals surface area contributed by atoms with Gasteiger partial charge in [-0.2, -0.15) is 0 Å². The molecule has 0 aromatic carbocycles. The summed E-state index contributed by atoms with van der Waals surface area (Å²) < 4.78 is 15.8. The molecule has 0 heterocycles. The fourth-order valence-electron chi connectivity index (χ4n) is 0.931. The van der Waals surface area contributed by atoms with Crippen LogP contribution in [0, 0.1) is 6.92 Å².